The number of nitrogens with one attached hydrogen (secondary N) is 2. The van der Waals surface area contributed by atoms with Gasteiger partial charge in [-0.25, -0.2) is 12.8 Å². The number of amides is 2. The van der Waals surface area contributed by atoms with Crippen molar-refractivity contribution in [3.63, 3.8) is 0 Å². The molecule has 2 N–H and O–H groups in total. The van der Waals surface area contributed by atoms with Crippen molar-refractivity contribution in [2.24, 2.45) is 0 Å². The predicted molar refractivity (Wildman–Crippen MR) is 90.9 cm³/mol. The Bertz CT molecular complexity index is 752. The third-order valence-corrected chi connectivity index (χ3v) is 5.54. The third kappa shape index (κ3) is 4.99. The molecule has 0 bridgehead atoms. The average molecular weight is 387 g/mol. The summed E-state index contributed by atoms with van der Waals surface area (Å²) in [6, 6.07) is 4.26. The van der Waals surface area contributed by atoms with Gasteiger partial charge in [-0.05, 0) is 44.5 Å². The van der Waals surface area contributed by atoms with E-state index in [9.17, 15) is 22.4 Å². The molecule has 0 aromatic heterocycles. The second kappa shape index (κ2) is 8.56. The Kier molecular flexibility index (Phi) is 6.68. The lowest BCUT2D eigenvalue weighted by Crippen LogP contribution is -2.53. The standard InChI is InChI=1S/C16H22FN3O5S/c1-11(2)19-16(22)15(21)18-10-14-20(8-3-9-25-14)26(23,24)13-6-4-12(17)5-7-13/h4-7,11,14H,3,8-10H2,1-2H3,(H,18,21)(H,19,22). The van der Waals surface area contributed by atoms with Crippen LogP contribution in [0, 0.1) is 5.82 Å². The molecule has 1 aliphatic rings. The van der Waals surface area contributed by atoms with Crippen LogP contribution in [0.1, 0.15) is 20.3 Å². The molecule has 0 aliphatic carbocycles. The van der Waals surface area contributed by atoms with Crippen LogP contribution in [0.2, 0.25) is 0 Å². The summed E-state index contributed by atoms with van der Waals surface area (Å²) in [4.78, 5) is 23.4. The first-order valence-corrected chi connectivity index (χ1v) is 9.63. The van der Waals surface area contributed by atoms with Gasteiger partial charge in [0.15, 0.2) is 0 Å². The molecule has 0 radical (unpaired) electrons. The van der Waals surface area contributed by atoms with E-state index >= 15 is 0 Å². The summed E-state index contributed by atoms with van der Waals surface area (Å²) in [5.74, 6) is -2.21. The van der Waals surface area contributed by atoms with Crippen LogP contribution in [0.4, 0.5) is 4.39 Å². The Balaban J connectivity index is 2.08. The van der Waals surface area contributed by atoms with Gasteiger partial charge in [-0.3, -0.25) is 9.59 Å². The predicted octanol–water partition coefficient (Wildman–Crippen LogP) is 0.204. The molecule has 1 saturated heterocycles. The van der Waals surface area contributed by atoms with Crippen LogP contribution in [0.5, 0.6) is 0 Å². The second-order valence-electron chi connectivity index (χ2n) is 6.09. The molecule has 144 valence electrons. The molecule has 2 rings (SSSR count). The summed E-state index contributed by atoms with van der Waals surface area (Å²) in [6.07, 6.45) is -0.465. The molecular formula is C16H22FN3O5S. The summed E-state index contributed by atoms with van der Waals surface area (Å²) in [5, 5.41) is 4.82. The van der Waals surface area contributed by atoms with Gasteiger partial charge in [0.25, 0.3) is 0 Å². The Morgan fingerprint density at radius 1 is 1.27 bits per heavy atom. The molecule has 2 amide bonds. The maximum absolute atomic E-state index is 13.1. The van der Waals surface area contributed by atoms with E-state index in [4.69, 9.17) is 4.74 Å². The van der Waals surface area contributed by atoms with E-state index in [2.05, 4.69) is 10.6 Å². The maximum atomic E-state index is 13.1. The van der Waals surface area contributed by atoms with Crippen molar-refractivity contribution in [1.82, 2.24) is 14.9 Å². The van der Waals surface area contributed by atoms with Crippen molar-refractivity contribution in [2.45, 2.75) is 37.4 Å². The number of carbonyl (C=O) groups is 2. The number of halogens is 1. The number of nitrogens with zero attached hydrogens (tertiary/aromatic N) is 1. The van der Waals surface area contributed by atoms with Crippen LogP contribution in [-0.4, -0.2) is 56.5 Å². The van der Waals surface area contributed by atoms with Gasteiger partial charge in [-0.2, -0.15) is 4.31 Å². The zero-order valence-corrected chi connectivity index (χ0v) is 15.4. The molecule has 26 heavy (non-hydrogen) atoms. The SMILES string of the molecule is CC(C)NC(=O)C(=O)NCC1OCCCN1S(=O)(=O)c1ccc(F)cc1. The second-order valence-corrected chi connectivity index (χ2v) is 7.98. The lowest BCUT2D eigenvalue weighted by molar-refractivity contribution is -0.140. The summed E-state index contributed by atoms with van der Waals surface area (Å²) < 4.78 is 45.1. The first-order valence-electron chi connectivity index (χ1n) is 8.19. The first-order chi connectivity index (χ1) is 12.2. The number of hydrogen-bond acceptors (Lipinski definition) is 5. The average Bonchev–Trinajstić information content (AvgIpc) is 2.59. The van der Waals surface area contributed by atoms with Gasteiger partial charge in [-0.15, -0.1) is 0 Å². The van der Waals surface area contributed by atoms with Crippen LogP contribution < -0.4 is 10.6 Å². The number of benzene rings is 1. The molecule has 0 spiro atoms. The molecule has 8 nitrogen and oxygen atoms in total. The van der Waals surface area contributed by atoms with Crippen molar-refractivity contribution in [3.8, 4) is 0 Å². The lowest BCUT2D eigenvalue weighted by atomic mass is 10.3. The van der Waals surface area contributed by atoms with E-state index in [1.165, 1.54) is 12.1 Å². The Labute approximate surface area is 151 Å². The van der Waals surface area contributed by atoms with Gasteiger partial charge >= 0.3 is 11.8 Å². The summed E-state index contributed by atoms with van der Waals surface area (Å²) in [7, 11) is -3.93. The highest BCUT2D eigenvalue weighted by Crippen LogP contribution is 2.22. The maximum Gasteiger partial charge on any atom is 0.309 e. The molecular weight excluding hydrogens is 365 g/mol. The number of sulfonamides is 1. The van der Waals surface area contributed by atoms with Crippen LogP contribution in [0.25, 0.3) is 0 Å². The molecule has 1 heterocycles. The monoisotopic (exact) mass is 387 g/mol. The van der Waals surface area contributed by atoms with E-state index < -0.39 is 33.9 Å². The molecule has 1 aromatic carbocycles. The minimum atomic E-state index is -3.93. The quantitative estimate of drug-likeness (QED) is 0.703. The zero-order chi connectivity index (χ0) is 19.3. The largest absolute Gasteiger partial charge is 0.360 e. The summed E-state index contributed by atoms with van der Waals surface area (Å²) >= 11 is 0. The van der Waals surface area contributed by atoms with E-state index in [-0.39, 0.29) is 24.0 Å². The van der Waals surface area contributed by atoms with Crippen LogP contribution in [0.15, 0.2) is 29.2 Å². The number of hydrogen-bond donors (Lipinski definition) is 2. The van der Waals surface area contributed by atoms with Gasteiger partial charge < -0.3 is 15.4 Å². The Morgan fingerprint density at radius 3 is 2.54 bits per heavy atom. The van der Waals surface area contributed by atoms with Gasteiger partial charge in [0.2, 0.25) is 10.0 Å². The highest BCUT2D eigenvalue weighted by atomic mass is 32.2. The highest BCUT2D eigenvalue weighted by molar-refractivity contribution is 7.89. The molecule has 1 aliphatic heterocycles. The van der Waals surface area contributed by atoms with Crippen LogP contribution in [0.3, 0.4) is 0 Å². The van der Waals surface area contributed by atoms with Gasteiger partial charge in [-0.1, -0.05) is 0 Å². The van der Waals surface area contributed by atoms with E-state index in [0.717, 1.165) is 16.4 Å². The highest BCUT2D eigenvalue weighted by Gasteiger charge is 2.35. The smallest absolute Gasteiger partial charge is 0.309 e. The van der Waals surface area contributed by atoms with Crippen molar-refractivity contribution < 1.29 is 27.1 Å². The number of ether oxygens (including phenoxy) is 1. The minimum Gasteiger partial charge on any atom is -0.360 e. The van der Waals surface area contributed by atoms with Crippen LogP contribution in [-0.2, 0) is 24.3 Å². The van der Waals surface area contributed by atoms with E-state index in [1.54, 1.807) is 13.8 Å². The Hall–Kier alpha value is -2.04. The molecule has 1 unspecified atom stereocenters. The molecule has 1 aromatic rings. The zero-order valence-electron chi connectivity index (χ0n) is 14.6. The lowest BCUT2D eigenvalue weighted by Gasteiger charge is -2.34. The van der Waals surface area contributed by atoms with Crippen LogP contribution >= 0.6 is 0 Å². The molecule has 0 saturated carbocycles. The van der Waals surface area contributed by atoms with Crippen molar-refractivity contribution in [1.29, 1.82) is 0 Å². The van der Waals surface area contributed by atoms with E-state index in [0.29, 0.717) is 13.0 Å². The van der Waals surface area contributed by atoms with E-state index in [1.807, 2.05) is 0 Å². The number of carbonyl (C=O) groups excluding carboxylic acids is 2. The Morgan fingerprint density at radius 2 is 1.92 bits per heavy atom. The van der Waals surface area contributed by atoms with Gasteiger partial charge in [0.1, 0.15) is 12.0 Å². The fraction of sp³-hybridized carbons (Fsp3) is 0.500. The summed E-state index contributed by atoms with van der Waals surface area (Å²) in [5.41, 5.74) is 0. The normalized spacial score (nSPS) is 18.5. The topological polar surface area (TPSA) is 105 Å². The third-order valence-electron chi connectivity index (χ3n) is 3.64. The molecule has 1 atom stereocenters. The minimum absolute atomic E-state index is 0.0710. The van der Waals surface area contributed by atoms with Gasteiger partial charge in [0, 0.05) is 12.6 Å². The van der Waals surface area contributed by atoms with Crippen molar-refractivity contribution in [2.75, 3.05) is 19.7 Å². The molecule has 1 fully saturated rings. The van der Waals surface area contributed by atoms with Crippen molar-refractivity contribution in [3.05, 3.63) is 30.1 Å². The van der Waals surface area contributed by atoms with Crippen molar-refractivity contribution >= 4 is 21.8 Å². The fourth-order valence-corrected chi connectivity index (χ4v) is 4.00. The fourth-order valence-electron chi connectivity index (χ4n) is 2.43. The van der Waals surface area contributed by atoms with Gasteiger partial charge in [0.05, 0.1) is 18.0 Å². The summed E-state index contributed by atoms with van der Waals surface area (Å²) in [6.45, 7) is 3.77. The number of rotatable bonds is 5. The molecule has 10 heteroatoms. The first kappa shape index (κ1) is 20.3.